The monoisotopic (exact) mass is 249 g/mol. The highest BCUT2D eigenvalue weighted by Gasteiger charge is 2.32. The molecule has 2 rings (SSSR count). The maximum Gasteiger partial charge on any atom is 0.431 e. The fourth-order valence-electron chi connectivity index (χ4n) is 1.46. The van der Waals surface area contributed by atoms with Gasteiger partial charge in [-0.25, -0.2) is 8.78 Å². The Morgan fingerprint density at radius 2 is 1.71 bits per heavy atom. The number of aromatic nitrogens is 1. The van der Waals surface area contributed by atoms with Gasteiger partial charge in [0.25, 0.3) is 0 Å². The number of fused-ring (bicyclic) bond motifs is 1. The Balaban J connectivity index is 2.87. The van der Waals surface area contributed by atoms with E-state index in [9.17, 15) is 26.7 Å². The molecule has 0 saturated heterocycles. The first-order chi connectivity index (χ1) is 7.79. The molecule has 0 aliphatic heterocycles. The summed E-state index contributed by atoms with van der Waals surface area (Å²) >= 11 is 0. The summed E-state index contributed by atoms with van der Waals surface area (Å²) in [5.41, 5.74) is -3.02. The molecule has 0 aliphatic carbocycles. The van der Waals surface area contributed by atoms with Crippen molar-refractivity contribution in [2.24, 2.45) is 0 Å². The van der Waals surface area contributed by atoms with Gasteiger partial charge < -0.3 is 4.98 Å². The van der Waals surface area contributed by atoms with Crippen LogP contribution in [-0.4, -0.2) is 4.98 Å². The third-order valence-corrected chi connectivity index (χ3v) is 2.15. The van der Waals surface area contributed by atoms with E-state index in [0.717, 1.165) is 0 Å². The molecule has 1 heterocycles. The molecule has 0 saturated carbocycles. The van der Waals surface area contributed by atoms with E-state index in [1.807, 2.05) is 0 Å². The lowest BCUT2D eigenvalue weighted by atomic mass is 10.1. The highest BCUT2D eigenvalue weighted by Crippen LogP contribution is 2.28. The van der Waals surface area contributed by atoms with Gasteiger partial charge >= 0.3 is 6.18 Å². The van der Waals surface area contributed by atoms with Crippen molar-refractivity contribution in [3.63, 3.8) is 0 Å². The summed E-state index contributed by atoms with van der Waals surface area (Å²) in [4.78, 5) is 13.1. The normalized spacial score (nSPS) is 12.1. The summed E-state index contributed by atoms with van der Waals surface area (Å²) < 4.78 is 63.0. The van der Waals surface area contributed by atoms with E-state index >= 15 is 0 Å². The Labute approximate surface area is 90.7 Å². The van der Waals surface area contributed by atoms with Crippen LogP contribution >= 0.6 is 0 Å². The molecule has 1 aromatic carbocycles. The molecule has 0 aliphatic rings. The van der Waals surface area contributed by atoms with Crippen LogP contribution in [0.2, 0.25) is 0 Å². The Kier molecular flexibility index (Phi) is 2.41. The largest absolute Gasteiger partial charge is 0.431 e. The number of aromatic amines is 1. The van der Waals surface area contributed by atoms with Crippen LogP contribution in [0, 0.1) is 11.6 Å². The fraction of sp³-hybridized carbons (Fsp3) is 0.100. The smallest absolute Gasteiger partial charge is 0.351 e. The van der Waals surface area contributed by atoms with Crippen LogP contribution in [-0.2, 0) is 6.18 Å². The van der Waals surface area contributed by atoms with Gasteiger partial charge in [0.1, 0.15) is 17.3 Å². The average molecular weight is 249 g/mol. The predicted molar refractivity (Wildman–Crippen MR) is 49.5 cm³/mol. The van der Waals surface area contributed by atoms with Gasteiger partial charge in [-0.2, -0.15) is 13.2 Å². The topological polar surface area (TPSA) is 32.9 Å². The number of nitrogens with one attached hydrogen (secondary N) is 1. The molecule has 7 heteroatoms. The zero-order valence-corrected chi connectivity index (χ0v) is 8.03. The van der Waals surface area contributed by atoms with Gasteiger partial charge in [0.05, 0.1) is 10.9 Å². The highest BCUT2D eigenvalue weighted by molar-refractivity contribution is 5.79. The summed E-state index contributed by atoms with van der Waals surface area (Å²) in [5, 5.41) is -0.598. The van der Waals surface area contributed by atoms with Crippen molar-refractivity contribution in [3.05, 3.63) is 45.8 Å². The summed E-state index contributed by atoms with van der Waals surface area (Å²) in [6.07, 6.45) is -4.78. The third kappa shape index (κ3) is 2.00. The van der Waals surface area contributed by atoms with E-state index < -0.39 is 39.8 Å². The molecule has 90 valence electrons. The minimum atomic E-state index is -4.78. The molecule has 0 spiro atoms. The summed E-state index contributed by atoms with van der Waals surface area (Å²) in [6.45, 7) is 0. The maximum absolute atomic E-state index is 13.2. The van der Waals surface area contributed by atoms with E-state index in [2.05, 4.69) is 0 Å². The fourth-order valence-corrected chi connectivity index (χ4v) is 1.46. The summed E-state index contributed by atoms with van der Waals surface area (Å²) in [5.74, 6) is -2.26. The van der Waals surface area contributed by atoms with Gasteiger partial charge in [-0.15, -0.1) is 0 Å². The lowest BCUT2D eigenvalue weighted by Gasteiger charge is -2.08. The highest BCUT2D eigenvalue weighted by atomic mass is 19.4. The quantitative estimate of drug-likeness (QED) is 0.715. The third-order valence-electron chi connectivity index (χ3n) is 2.15. The van der Waals surface area contributed by atoms with Crippen molar-refractivity contribution in [3.8, 4) is 0 Å². The van der Waals surface area contributed by atoms with E-state index in [-0.39, 0.29) is 6.07 Å². The SMILES string of the molecule is O=c1cc(C(F)(F)F)[nH]c2cc(F)cc(F)c12. The van der Waals surface area contributed by atoms with E-state index in [1.165, 1.54) is 0 Å². The van der Waals surface area contributed by atoms with Crippen LogP contribution in [0.15, 0.2) is 23.0 Å². The van der Waals surface area contributed by atoms with Crippen LogP contribution in [0.3, 0.4) is 0 Å². The molecule has 1 N–H and O–H groups in total. The maximum atomic E-state index is 13.2. The molecule has 0 unspecified atom stereocenters. The first kappa shape index (κ1) is 11.6. The number of pyridine rings is 1. The molecule has 0 radical (unpaired) electrons. The molecule has 0 bridgehead atoms. The van der Waals surface area contributed by atoms with E-state index in [4.69, 9.17) is 0 Å². The zero-order chi connectivity index (χ0) is 12.8. The van der Waals surface area contributed by atoms with E-state index in [1.54, 1.807) is 4.98 Å². The number of hydrogen-bond acceptors (Lipinski definition) is 1. The standard InChI is InChI=1S/C10H4F5NO/c11-4-1-5(12)9-6(2-4)16-8(3-7(9)17)10(13,14)15/h1-3H,(H,16,17). The first-order valence-corrected chi connectivity index (χ1v) is 4.38. The number of benzene rings is 1. The van der Waals surface area contributed by atoms with Crippen LogP contribution in [0.25, 0.3) is 10.9 Å². The molecular weight excluding hydrogens is 245 g/mol. The lowest BCUT2D eigenvalue weighted by Crippen LogP contribution is -2.14. The Morgan fingerprint density at radius 3 is 2.29 bits per heavy atom. The van der Waals surface area contributed by atoms with Crippen molar-refractivity contribution >= 4 is 10.9 Å². The summed E-state index contributed by atoms with van der Waals surface area (Å²) in [7, 11) is 0. The van der Waals surface area contributed by atoms with Crippen LogP contribution in [0.4, 0.5) is 22.0 Å². The lowest BCUT2D eigenvalue weighted by molar-refractivity contribution is -0.141. The molecule has 0 atom stereocenters. The Hall–Kier alpha value is -1.92. The van der Waals surface area contributed by atoms with Gasteiger partial charge in [0.15, 0.2) is 5.43 Å². The minimum Gasteiger partial charge on any atom is -0.351 e. The number of halogens is 5. The molecule has 0 amide bonds. The Bertz CT molecular complexity index is 643. The zero-order valence-electron chi connectivity index (χ0n) is 8.03. The van der Waals surface area contributed by atoms with Gasteiger partial charge in [0, 0.05) is 12.1 Å². The van der Waals surface area contributed by atoms with Gasteiger partial charge in [-0.1, -0.05) is 0 Å². The molecule has 17 heavy (non-hydrogen) atoms. The number of hydrogen-bond donors (Lipinski definition) is 1. The molecular formula is C10H4F5NO. The number of rotatable bonds is 0. The summed E-state index contributed by atoms with van der Waals surface area (Å²) in [6, 6.07) is 1.31. The number of alkyl halides is 3. The predicted octanol–water partition coefficient (Wildman–Crippen LogP) is 2.83. The second kappa shape index (κ2) is 3.54. The molecule has 2 nitrogen and oxygen atoms in total. The van der Waals surface area contributed by atoms with Crippen molar-refractivity contribution in [2.45, 2.75) is 6.18 Å². The van der Waals surface area contributed by atoms with Gasteiger partial charge in [-0.3, -0.25) is 4.79 Å². The second-order valence-corrected chi connectivity index (χ2v) is 3.36. The minimum absolute atomic E-state index is 0.239. The molecule has 0 fully saturated rings. The van der Waals surface area contributed by atoms with Gasteiger partial charge in [-0.05, 0) is 6.07 Å². The van der Waals surface area contributed by atoms with Crippen LogP contribution in [0.1, 0.15) is 5.69 Å². The Morgan fingerprint density at radius 1 is 1.06 bits per heavy atom. The van der Waals surface area contributed by atoms with Crippen molar-refractivity contribution in [2.75, 3.05) is 0 Å². The molecule has 1 aromatic heterocycles. The molecule has 2 aromatic rings. The van der Waals surface area contributed by atoms with E-state index in [0.29, 0.717) is 12.1 Å². The van der Waals surface area contributed by atoms with Crippen molar-refractivity contribution in [1.82, 2.24) is 4.98 Å². The first-order valence-electron chi connectivity index (χ1n) is 4.38. The van der Waals surface area contributed by atoms with Crippen molar-refractivity contribution in [1.29, 1.82) is 0 Å². The second-order valence-electron chi connectivity index (χ2n) is 3.36. The van der Waals surface area contributed by atoms with Gasteiger partial charge in [0.2, 0.25) is 0 Å². The van der Waals surface area contributed by atoms with Crippen molar-refractivity contribution < 1.29 is 22.0 Å². The number of H-pyrrole nitrogens is 1. The van der Waals surface area contributed by atoms with Crippen LogP contribution < -0.4 is 5.43 Å². The average Bonchev–Trinajstić information content (AvgIpc) is 2.13. The van der Waals surface area contributed by atoms with Crippen LogP contribution in [0.5, 0.6) is 0 Å².